The van der Waals surface area contributed by atoms with Crippen molar-refractivity contribution in [3.8, 4) is 5.75 Å². The summed E-state index contributed by atoms with van der Waals surface area (Å²) in [5.74, 6) is 0.432. The lowest BCUT2D eigenvalue weighted by atomic mass is 9.94. The molecular weight excluding hydrogens is 324 g/mol. The monoisotopic (exact) mass is 344 g/mol. The molecule has 0 N–H and O–H groups in total. The first kappa shape index (κ1) is 16.6. The second kappa shape index (κ2) is 6.36. The Morgan fingerprint density at radius 3 is 2.42 bits per heavy atom. The van der Waals surface area contributed by atoms with E-state index in [1.54, 1.807) is 18.9 Å². The topological polar surface area (TPSA) is 51.1 Å². The van der Waals surface area contributed by atoms with Crippen LogP contribution >= 0.6 is 11.8 Å². The second-order valence-electron chi connectivity index (χ2n) is 5.67. The van der Waals surface area contributed by atoms with Gasteiger partial charge in [-0.3, -0.25) is 0 Å². The molecule has 2 heterocycles. The number of rotatable bonds is 3. The largest absolute Gasteiger partial charge is 0.497 e. The molecule has 5 nitrogen and oxygen atoms in total. The van der Waals surface area contributed by atoms with Crippen LogP contribution in [0.25, 0.3) is 0 Å². The minimum atomic E-state index is -0.349. The Kier molecular flexibility index (Phi) is 4.41. The zero-order valence-electron chi connectivity index (χ0n) is 14.4. The lowest BCUT2D eigenvalue weighted by molar-refractivity contribution is -0.136. The van der Waals surface area contributed by atoms with E-state index in [0.717, 1.165) is 22.2 Å². The third-order valence-corrected chi connectivity index (χ3v) is 5.42. The molecule has 6 heteroatoms. The highest BCUT2D eigenvalue weighted by atomic mass is 32.2. The van der Waals surface area contributed by atoms with Crippen molar-refractivity contribution in [2.75, 3.05) is 14.2 Å². The lowest BCUT2D eigenvalue weighted by Crippen LogP contribution is -2.35. The minimum absolute atomic E-state index is 0.249. The van der Waals surface area contributed by atoms with Crippen LogP contribution in [0.4, 0.5) is 0 Å². The van der Waals surface area contributed by atoms with Crippen LogP contribution in [0.3, 0.4) is 0 Å². The van der Waals surface area contributed by atoms with Gasteiger partial charge in [0, 0.05) is 10.6 Å². The Morgan fingerprint density at radius 1 is 1.17 bits per heavy atom. The highest BCUT2D eigenvalue weighted by Gasteiger charge is 2.40. The predicted octanol–water partition coefficient (Wildman–Crippen LogP) is 3.85. The fourth-order valence-corrected chi connectivity index (χ4v) is 4.00. The molecule has 0 aromatic heterocycles. The number of carbonyl (C=O) groups excluding carboxylic acids is 1. The minimum Gasteiger partial charge on any atom is -0.497 e. The molecule has 0 amide bonds. The van der Waals surface area contributed by atoms with Crippen LogP contribution in [0.1, 0.15) is 32.4 Å². The molecule has 0 fully saturated rings. The third kappa shape index (κ3) is 2.60. The Hall–Kier alpha value is -2.21. The van der Waals surface area contributed by atoms with Crippen molar-refractivity contribution in [1.82, 2.24) is 4.90 Å². The van der Waals surface area contributed by atoms with Gasteiger partial charge in [-0.1, -0.05) is 23.9 Å². The molecule has 3 rings (SSSR count). The zero-order chi connectivity index (χ0) is 17.4. The highest BCUT2D eigenvalue weighted by molar-refractivity contribution is 8.17. The Bertz CT molecular complexity index is 778. The Morgan fingerprint density at radius 2 is 1.83 bits per heavy atom. The molecule has 1 aromatic rings. The maximum atomic E-state index is 12.4. The fourth-order valence-electron chi connectivity index (χ4n) is 2.96. The number of fused-ring (bicyclic) bond motifs is 1. The molecule has 0 radical (unpaired) electrons. The lowest BCUT2D eigenvalue weighted by Gasteiger charge is -2.35. The molecular formula is C18H20N2O3S. The summed E-state index contributed by atoms with van der Waals surface area (Å²) in [6.07, 6.45) is 0. The summed E-state index contributed by atoms with van der Waals surface area (Å²) in [5, 5.41) is 0.899. The van der Waals surface area contributed by atoms with Gasteiger partial charge in [-0.15, -0.1) is 0 Å². The quantitative estimate of drug-likeness (QED) is 0.780. The second-order valence-corrected chi connectivity index (χ2v) is 6.86. The molecule has 0 saturated carbocycles. The summed E-state index contributed by atoms with van der Waals surface area (Å²) in [7, 11) is 3.04. The average molecular weight is 344 g/mol. The van der Waals surface area contributed by atoms with Gasteiger partial charge in [-0.25, -0.2) is 9.79 Å². The summed E-state index contributed by atoms with van der Waals surface area (Å²) < 4.78 is 10.3. The molecule has 0 aliphatic carbocycles. The number of hydrogen-bond acceptors (Lipinski definition) is 6. The van der Waals surface area contributed by atoms with Crippen LogP contribution in [-0.4, -0.2) is 30.3 Å². The van der Waals surface area contributed by atoms with Crippen molar-refractivity contribution in [3.63, 3.8) is 0 Å². The van der Waals surface area contributed by atoms with E-state index in [9.17, 15) is 4.79 Å². The predicted molar refractivity (Wildman–Crippen MR) is 95.7 cm³/mol. The number of esters is 1. The number of hydrogen-bond donors (Lipinski definition) is 0. The number of allylic oxidation sites excluding steroid dienone is 3. The maximum absolute atomic E-state index is 12.4. The van der Waals surface area contributed by atoms with Crippen molar-refractivity contribution in [2.45, 2.75) is 26.8 Å². The van der Waals surface area contributed by atoms with Crippen molar-refractivity contribution in [3.05, 3.63) is 51.7 Å². The number of aliphatic imine (C=N–C) groups is 1. The molecule has 2 aliphatic heterocycles. The van der Waals surface area contributed by atoms with E-state index in [2.05, 4.69) is 23.7 Å². The Balaban J connectivity index is 2.15. The SMILES string of the molecule is COC(=O)C1=C(C)N=C2SC(C)=C(C)N2C1c1ccc(OC)cc1. The van der Waals surface area contributed by atoms with Gasteiger partial charge in [0.1, 0.15) is 5.75 Å². The van der Waals surface area contributed by atoms with Gasteiger partial charge in [-0.2, -0.15) is 0 Å². The van der Waals surface area contributed by atoms with Crippen molar-refractivity contribution in [2.24, 2.45) is 4.99 Å². The van der Waals surface area contributed by atoms with Crippen LogP contribution in [0.15, 0.2) is 51.1 Å². The van der Waals surface area contributed by atoms with E-state index >= 15 is 0 Å². The molecule has 1 aromatic carbocycles. The van der Waals surface area contributed by atoms with Gasteiger partial charge < -0.3 is 14.4 Å². The molecule has 126 valence electrons. The van der Waals surface area contributed by atoms with Crippen LogP contribution in [-0.2, 0) is 9.53 Å². The summed E-state index contributed by atoms with van der Waals surface area (Å²) >= 11 is 1.63. The van der Waals surface area contributed by atoms with Crippen LogP contribution < -0.4 is 4.74 Å². The third-order valence-electron chi connectivity index (χ3n) is 4.34. The summed E-state index contributed by atoms with van der Waals surface area (Å²) in [6, 6.07) is 7.52. The summed E-state index contributed by atoms with van der Waals surface area (Å²) in [5.41, 5.74) is 3.37. The van der Waals surface area contributed by atoms with E-state index < -0.39 is 0 Å². The van der Waals surface area contributed by atoms with E-state index in [1.807, 2.05) is 31.2 Å². The van der Waals surface area contributed by atoms with Crippen LogP contribution in [0, 0.1) is 0 Å². The number of methoxy groups -OCH3 is 2. The van der Waals surface area contributed by atoms with E-state index in [1.165, 1.54) is 12.0 Å². The molecule has 1 unspecified atom stereocenters. The van der Waals surface area contributed by atoms with Crippen LogP contribution in [0.2, 0.25) is 0 Å². The van der Waals surface area contributed by atoms with E-state index in [0.29, 0.717) is 11.3 Å². The number of amidine groups is 1. The average Bonchev–Trinajstić information content (AvgIpc) is 2.87. The molecule has 0 spiro atoms. The van der Waals surface area contributed by atoms with Gasteiger partial charge >= 0.3 is 5.97 Å². The van der Waals surface area contributed by atoms with Gasteiger partial charge in [0.25, 0.3) is 0 Å². The van der Waals surface area contributed by atoms with Crippen molar-refractivity contribution in [1.29, 1.82) is 0 Å². The Labute approximate surface area is 146 Å². The first-order chi connectivity index (χ1) is 11.5. The summed E-state index contributed by atoms with van der Waals surface area (Å²) in [6.45, 7) is 5.98. The standard InChI is InChI=1S/C18H20N2O3S/c1-10-15(17(21)23-5)16(13-6-8-14(22-4)9-7-13)20-11(2)12(3)24-18(20)19-10/h6-9,16H,1-5H3. The highest BCUT2D eigenvalue weighted by Crippen LogP contribution is 2.46. The maximum Gasteiger partial charge on any atom is 0.338 e. The number of carbonyl (C=O) groups is 1. The van der Waals surface area contributed by atoms with Gasteiger partial charge in [0.05, 0.1) is 31.5 Å². The molecule has 0 bridgehead atoms. The number of ether oxygens (including phenoxy) is 2. The smallest absolute Gasteiger partial charge is 0.338 e. The number of nitrogens with zero attached hydrogens (tertiary/aromatic N) is 2. The normalized spacial score (nSPS) is 20.1. The first-order valence-electron chi connectivity index (χ1n) is 7.64. The summed E-state index contributed by atoms with van der Waals surface area (Å²) in [4.78, 5) is 20.4. The van der Waals surface area contributed by atoms with Crippen LogP contribution in [0.5, 0.6) is 5.75 Å². The van der Waals surface area contributed by atoms with Crippen molar-refractivity contribution >= 4 is 22.9 Å². The number of benzene rings is 1. The van der Waals surface area contributed by atoms with E-state index in [-0.39, 0.29) is 12.0 Å². The van der Waals surface area contributed by atoms with Crippen molar-refractivity contribution < 1.29 is 14.3 Å². The van der Waals surface area contributed by atoms with Gasteiger partial charge in [0.15, 0.2) is 5.17 Å². The first-order valence-corrected chi connectivity index (χ1v) is 8.45. The molecule has 1 atom stereocenters. The van der Waals surface area contributed by atoms with E-state index in [4.69, 9.17) is 9.47 Å². The molecule has 24 heavy (non-hydrogen) atoms. The van der Waals surface area contributed by atoms with Gasteiger partial charge in [-0.05, 0) is 38.5 Å². The number of thioether (sulfide) groups is 1. The van der Waals surface area contributed by atoms with Gasteiger partial charge in [0.2, 0.25) is 0 Å². The zero-order valence-corrected chi connectivity index (χ0v) is 15.2. The fraction of sp³-hybridized carbons (Fsp3) is 0.333. The molecule has 2 aliphatic rings. The molecule has 0 saturated heterocycles.